The van der Waals surface area contributed by atoms with Gasteiger partial charge in [-0.3, -0.25) is 4.98 Å². The quantitative estimate of drug-likeness (QED) is 0.853. The maximum Gasteiger partial charge on any atom is 0.0731 e. The number of hydrogen-bond acceptors (Lipinski definition) is 2. The molecule has 0 aliphatic heterocycles. The zero-order valence-electron chi connectivity index (χ0n) is 9.90. The smallest absolute Gasteiger partial charge is 0.0731 e. The molecule has 1 atom stereocenters. The molecule has 2 rings (SSSR count). The molecule has 1 aromatic carbocycles. The Hall–Kier alpha value is -1.41. The van der Waals surface area contributed by atoms with Crippen molar-refractivity contribution in [3.05, 3.63) is 41.6 Å². The summed E-state index contributed by atoms with van der Waals surface area (Å²) < 4.78 is 0. The standard InChI is InChI=1S/C14H18N2/c1-10(9-15)6-12-7-11(2)14-13(8-12)4-3-5-16-14/h3-5,7-8,10H,6,9,15H2,1-2H3. The number of nitrogens with two attached hydrogens (primary N) is 1. The van der Waals surface area contributed by atoms with Gasteiger partial charge in [-0.05, 0) is 49.1 Å². The molecule has 0 saturated heterocycles. The van der Waals surface area contributed by atoms with Crippen molar-refractivity contribution < 1.29 is 0 Å². The molecule has 84 valence electrons. The maximum absolute atomic E-state index is 5.66. The third-order valence-electron chi connectivity index (χ3n) is 2.94. The van der Waals surface area contributed by atoms with Crippen LogP contribution in [0.3, 0.4) is 0 Å². The number of aromatic nitrogens is 1. The van der Waals surface area contributed by atoms with Gasteiger partial charge in [-0.1, -0.05) is 19.1 Å². The summed E-state index contributed by atoms with van der Waals surface area (Å²) in [7, 11) is 0. The maximum atomic E-state index is 5.66. The largest absolute Gasteiger partial charge is 0.330 e. The number of nitrogens with zero attached hydrogens (tertiary/aromatic N) is 1. The summed E-state index contributed by atoms with van der Waals surface area (Å²) >= 11 is 0. The highest BCUT2D eigenvalue weighted by atomic mass is 14.6. The first-order valence-electron chi connectivity index (χ1n) is 5.75. The molecule has 0 radical (unpaired) electrons. The molecule has 0 fully saturated rings. The van der Waals surface area contributed by atoms with Crippen molar-refractivity contribution in [3.8, 4) is 0 Å². The second-order valence-electron chi connectivity index (χ2n) is 4.53. The van der Waals surface area contributed by atoms with E-state index in [0.717, 1.165) is 18.5 Å². The van der Waals surface area contributed by atoms with Gasteiger partial charge in [0, 0.05) is 11.6 Å². The van der Waals surface area contributed by atoms with Crippen LogP contribution in [0.4, 0.5) is 0 Å². The molecule has 0 saturated carbocycles. The fourth-order valence-electron chi connectivity index (χ4n) is 2.06. The van der Waals surface area contributed by atoms with Crippen molar-refractivity contribution in [1.82, 2.24) is 4.98 Å². The van der Waals surface area contributed by atoms with Crippen LogP contribution in [-0.2, 0) is 6.42 Å². The summed E-state index contributed by atoms with van der Waals surface area (Å²) in [5.74, 6) is 0.536. The summed E-state index contributed by atoms with van der Waals surface area (Å²) in [4.78, 5) is 4.40. The third kappa shape index (κ3) is 2.22. The minimum Gasteiger partial charge on any atom is -0.330 e. The molecule has 2 heteroatoms. The van der Waals surface area contributed by atoms with Gasteiger partial charge < -0.3 is 5.73 Å². The van der Waals surface area contributed by atoms with Crippen LogP contribution in [0.25, 0.3) is 10.9 Å². The number of fused-ring (bicyclic) bond motifs is 1. The molecule has 0 amide bonds. The van der Waals surface area contributed by atoms with Crippen LogP contribution in [0.1, 0.15) is 18.1 Å². The molecule has 2 aromatic rings. The molecule has 1 heterocycles. The monoisotopic (exact) mass is 214 g/mol. The Balaban J connectivity index is 2.41. The first-order chi connectivity index (χ1) is 7.70. The molecule has 0 bridgehead atoms. The Kier molecular flexibility index (Phi) is 3.20. The molecule has 16 heavy (non-hydrogen) atoms. The Labute approximate surface area is 96.5 Å². The molecule has 1 unspecified atom stereocenters. The Morgan fingerprint density at radius 2 is 2.19 bits per heavy atom. The summed E-state index contributed by atoms with van der Waals surface area (Å²) in [6, 6.07) is 8.55. The van der Waals surface area contributed by atoms with Crippen molar-refractivity contribution in [2.45, 2.75) is 20.3 Å². The van der Waals surface area contributed by atoms with E-state index >= 15 is 0 Å². The predicted octanol–water partition coefficient (Wildman–Crippen LogP) is 2.68. The van der Waals surface area contributed by atoms with Gasteiger partial charge in [0.05, 0.1) is 5.52 Å². The topological polar surface area (TPSA) is 38.9 Å². The van der Waals surface area contributed by atoms with E-state index in [-0.39, 0.29) is 0 Å². The van der Waals surface area contributed by atoms with E-state index in [0.29, 0.717) is 5.92 Å². The lowest BCUT2D eigenvalue weighted by Gasteiger charge is -2.10. The lowest BCUT2D eigenvalue weighted by atomic mass is 9.98. The van der Waals surface area contributed by atoms with Gasteiger partial charge in [0.2, 0.25) is 0 Å². The summed E-state index contributed by atoms with van der Waals surface area (Å²) in [5.41, 5.74) is 9.37. The van der Waals surface area contributed by atoms with Gasteiger partial charge in [0.1, 0.15) is 0 Å². The van der Waals surface area contributed by atoms with Crippen LogP contribution in [-0.4, -0.2) is 11.5 Å². The van der Waals surface area contributed by atoms with Gasteiger partial charge in [-0.2, -0.15) is 0 Å². The zero-order valence-corrected chi connectivity index (χ0v) is 9.90. The van der Waals surface area contributed by atoms with E-state index in [9.17, 15) is 0 Å². The summed E-state index contributed by atoms with van der Waals surface area (Å²) in [6.45, 7) is 5.04. The van der Waals surface area contributed by atoms with Crippen molar-refractivity contribution >= 4 is 10.9 Å². The zero-order chi connectivity index (χ0) is 11.5. The summed E-state index contributed by atoms with van der Waals surface area (Å²) in [6.07, 6.45) is 2.89. The van der Waals surface area contributed by atoms with E-state index in [4.69, 9.17) is 5.73 Å². The van der Waals surface area contributed by atoms with Gasteiger partial charge >= 0.3 is 0 Å². The molecular formula is C14H18N2. The lowest BCUT2D eigenvalue weighted by molar-refractivity contribution is 0.593. The highest BCUT2D eigenvalue weighted by Gasteiger charge is 2.05. The third-order valence-corrected chi connectivity index (χ3v) is 2.94. The lowest BCUT2D eigenvalue weighted by Crippen LogP contribution is -2.13. The number of aryl methyl sites for hydroxylation is 1. The van der Waals surface area contributed by atoms with E-state index < -0.39 is 0 Å². The minimum atomic E-state index is 0.536. The first-order valence-corrected chi connectivity index (χ1v) is 5.75. The number of hydrogen-bond donors (Lipinski definition) is 1. The molecule has 0 spiro atoms. The summed E-state index contributed by atoms with van der Waals surface area (Å²) in [5, 5.41) is 1.22. The van der Waals surface area contributed by atoms with Crippen molar-refractivity contribution in [2.24, 2.45) is 11.7 Å². The minimum absolute atomic E-state index is 0.536. The molecule has 0 aliphatic carbocycles. The fraction of sp³-hybridized carbons (Fsp3) is 0.357. The number of pyridine rings is 1. The molecular weight excluding hydrogens is 196 g/mol. The number of benzene rings is 1. The van der Waals surface area contributed by atoms with Gasteiger partial charge in [-0.15, -0.1) is 0 Å². The highest BCUT2D eigenvalue weighted by Crippen LogP contribution is 2.20. The van der Waals surface area contributed by atoms with Crippen LogP contribution < -0.4 is 5.73 Å². The first kappa shape index (κ1) is 11.1. The molecule has 0 aliphatic rings. The van der Waals surface area contributed by atoms with Gasteiger partial charge in [0.15, 0.2) is 0 Å². The van der Waals surface area contributed by atoms with E-state index in [1.54, 1.807) is 0 Å². The normalized spacial score (nSPS) is 12.9. The second kappa shape index (κ2) is 4.62. The Bertz CT molecular complexity index is 491. The van der Waals surface area contributed by atoms with E-state index in [1.165, 1.54) is 16.5 Å². The van der Waals surface area contributed by atoms with Gasteiger partial charge in [-0.25, -0.2) is 0 Å². The Morgan fingerprint density at radius 1 is 1.38 bits per heavy atom. The van der Waals surface area contributed by atoms with Crippen LogP contribution in [0, 0.1) is 12.8 Å². The van der Waals surface area contributed by atoms with Crippen molar-refractivity contribution in [3.63, 3.8) is 0 Å². The SMILES string of the molecule is Cc1cc(CC(C)CN)cc2cccnc12. The van der Waals surface area contributed by atoms with E-state index in [1.807, 2.05) is 12.3 Å². The van der Waals surface area contributed by atoms with Crippen molar-refractivity contribution in [2.75, 3.05) is 6.54 Å². The Morgan fingerprint density at radius 3 is 2.94 bits per heavy atom. The van der Waals surface area contributed by atoms with Crippen LogP contribution in [0.2, 0.25) is 0 Å². The van der Waals surface area contributed by atoms with E-state index in [2.05, 4.69) is 37.0 Å². The average Bonchev–Trinajstić information content (AvgIpc) is 2.29. The van der Waals surface area contributed by atoms with Crippen LogP contribution in [0.5, 0.6) is 0 Å². The average molecular weight is 214 g/mol. The van der Waals surface area contributed by atoms with Crippen LogP contribution >= 0.6 is 0 Å². The fourth-order valence-corrected chi connectivity index (χ4v) is 2.06. The molecule has 1 aromatic heterocycles. The van der Waals surface area contributed by atoms with Gasteiger partial charge in [0.25, 0.3) is 0 Å². The highest BCUT2D eigenvalue weighted by molar-refractivity contribution is 5.82. The molecule has 2 N–H and O–H groups in total. The predicted molar refractivity (Wildman–Crippen MR) is 68.4 cm³/mol. The number of rotatable bonds is 3. The molecule has 2 nitrogen and oxygen atoms in total. The van der Waals surface area contributed by atoms with Crippen LogP contribution in [0.15, 0.2) is 30.5 Å². The second-order valence-corrected chi connectivity index (χ2v) is 4.53. The van der Waals surface area contributed by atoms with Crippen molar-refractivity contribution in [1.29, 1.82) is 0 Å².